The lowest BCUT2D eigenvalue weighted by Gasteiger charge is -2.20. The summed E-state index contributed by atoms with van der Waals surface area (Å²) in [5.74, 6) is -1.27. The summed E-state index contributed by atoms with van der Waals surface area (Å²) in [6.07, 6.45) is 0. The van der Waals surface area contributed by atoms with Gasteiger partial charge >= 0.3 is 0 Å². The van der Waals surface area contributed by atoms with E-state index in [1.807, 2.05) is 13.0 Å². The molecule has 0 bridgehead atoms. The number of H-pyrrole nitrogens is 1. The molecule has 0 aliphatic carbocycles. The minimum absolute atomic E-state index is 0.0594. The molecule has 0 saturated heterocycles. The van der Waals surface area contributed by atoms with Crippen LogP contribution in [0.15, 0.2) is 45.7 Å². The van der Waals surface area contributed by atoms with Gasteiger partial charge in [-0.25, -0.2) is 0 Å². The maximum Gasteiger partial charge on any atom is 0.267 e. The van der Waals surface area contributed by atoms with Crippen LogP contribution in [-0.4, -0.2) is 35.8 Å². The summed E-state index contributed by atoms with van der Waals surface area (Å²) in [5, 5.41) is 8.19. The normalized spacial score (nSPS) is 12.5. The number of rotatable bonds is 8. The van der Waals surface area contributed by atoms with Crippen molar-refractivity contribution in [1.29, 1.82) is 0 Å². The van der Waals surface area contributed by atoms with Crippen LogP contribution in [0.3, 0.4) is 0 Å². The third kappa shape index (κ3) is 7.31. The first kappa shape index (κ1) is 23.6. The second-order valence-electron chi connectivity index (χ2n) is 6.83. The predicted octanol–water partition coefficient (Wildman–Crippen LogP) is 2.15. The van der Waals surface area contributed by atoms with Crippen molar-refractivity contribution >= 4 is 45.3 Å². The van der Waals surface area contributed by atoms with Gasteiger partial charge < -0.3 is 20.9 Å². The highest BCUT2D eigenvalue weighted by Crippen LogP contribution is 2.18. The molecule has 0 aliphatic heterocycles. The number of amides is 3. The Labute approximate surface area is 186 Å². The Morgan fingerprint density at radius 3 is 2.47 bits per heavy atom. The minimum atomic E-state index is -0.835. The van der Waals surface area contributed by atoms with Crippen LogP contribution in [0.2, 0.25) is 5.15 Å². The van der Waals surface area contributed by atoms with Crippen molar-refractivity contribution in [3.8, 4) is 0 Å². The molecule has 3 amide bonds. The topological polar surface area (TPSA) is 120 Å². The van der Waals surface area contributed by atoms with E-state index in [1.165, 1.54) is 13.0 Å². The van der Waals surface area contributed by atoms with Crippen molar-refractivity contribution in [3.63, 3.8) is 0 Å². The van der Waals surface area contributed by atoms with E-state index in [0.29, 0.717) is 5.56 Å². The zero-order valence-electron chi connectivity index (χ0n) is 16.4. The molecule has 0 spiro atoms. The van der Waals surface area contributed by atoms with Crippen LogP contribution in [-0.2, 0) is 9.59 Å². The third-order valence-corrected chi connectivity index (χ3v) is 4.78. The molecule has 8 nitrogen and oxygen atoms in total. The monoisotopic (exact) mass is 496 g/mol. The molecular formula is C20H22BrClN4O4. The van der Waals surface area contributed by atoms with Crippen molar-refractivity contribution in [2.24, 2.45) is 5.92 Å². The van der Waals surface area contributed by atoms with E-state index in [1.54, 1.807) is 18.2 Å². The first-order valence-corrected chi connectivity index (χ1v) is 10.3. The van der Waals surface area contributed by atoms with Crippen LogP contribution in [0, 0.1) is 5.92 Å². The van der Waals surface area contributed by atoms with E-state index in [-0.39, 0.29) is 47.1 Å². The van der Waals surface area contributed by atoms with Crippen LogP contribution >= 0.6 is 27.5 Å². The van der Waals surface area contributed by atoms with Crippen LogP contribution < -0.4 is 21.4 Å². The molecule has 2 atom stereocenters. The number of halogens is 2. The fourth-order valence-electron chi connectivity index (χ4n) is 2.63. The van der Waals surface area contributed by atoms with Crippen molar-refractivity contribution in [2.75, 3.05) is 13.1 Å². The number of aromatic nitrogens is 1. The van der Waals surface area contributed by atoms with Gasteiger partial charge in [-0.05, 0) is 23.6 Å². The second-order valence-corrected chi connectivity index (χ2v) is 8.15. The van der Waals surface area contributed by atoms with Gasteiger partial charge in [-0.1, -0.05) is 46.6 Å². The Kier molecular flexibility index (Phi) is 8.61. The van der Waals surface area contributed by atoms with E-state index >= 15 is 0 Å². The van der Waals surface area contributed by atoms with E-state index in [0.717, 1.165) is 10.5 Å². The molecule has 2 aromatic rings. The maximum absolute atomic E-state index is 12.6. The molecule has 1 aromatic heterocycles. The quantitative estimate of drug-likeness (QED) is 0.418. The molecule has 4 N–H and O–H groups in total. The van der Waals surface area contributed by atoms with E-state index in [9.17, 15) is 19.2 Å². The van der Waals surface area contributed by atoms with E-state index in [4.69, 9.17) is 11.6 Å². The van der Waals surface area contributed by atoms with Crippen LogP contribution in [0.5, 0.6) is 0 Å². The van der Waals surface area contributed by atoms with Gasteiger partial charge in [0.15, 0.2) is 5.43 Å². The highest BCUT2D eigenvalue weighted by molar-refractivity contribution is 9.10. The van der Waals surface area contributed by atoms with Gasteiger partial charge in [0.1, 0.15) is 16.9 Å². The molecule has 0 aliphatic rings. The highest BCUT2D eigenvalue weighted by Gasteiger charge is 2.22. The van der Waals surface area contributed by atoms with Crippen molar-refractivity contribution in [2.45, 2.75) is 19.9 Å². The highest BCUT2D eigenvalue weighted by atomic mass is 79.9. The first-order valence-electron chi connectivity index (χ1n) is 9.14. The Bertz CT molecular complexity index is 995. The lowest BCUT2D eigenvalue weighted by molar-refractivity contribution is -0.128. The van der Waals surface area contributed by atoms with Crippen LogP contribution in [0.1, 0.15) is 35.9 Å². The molecule has 160 valence electrons. The summed E-state index contributed by atoms with van der Waals surface area (Å²) in [6, 6.07) is 8.61. The molecule has 2 unspecified atom stereocenters. The zero-order valence-corrected chi connectivity index (χ0v) is 18.8. The molecule has 30 heavy (non-hydrogen) atoms. The van der Waals surface area contributed by atoms with Gasteiger partial charge in [-0.2, -0.15) is 0 Å². The van der Waals surface area contributed by atoms with Gasteiger partial charge in [0.25, 0.3) is 5.91 Å². The number of benzene rings is 1. The van der Waals surface area contributed by atoms with E-state index in [2.05, 4.69) is 36.9 Å². The van der Waals surface area contributed by atoms with E-state index < -0.39 is 11.9 Å². The number of hydrogen-bond donors (Lipinski definition) is 4. The number of carbonyl (C=O) groups excluding carboxylic acids is 3. The van der Waals surface area contributed by atoms with Gasteiger partial charge in [0.05, 0.1) is 0 Å². The summed E-state index contributed by atoms with van der Waals surface area (Å²) in [6.45, 7) is 3.72. The average Bonchev–Trinajstić information content (AvgIpc) is 2.67. The lowest BCUT2D eigenvalue weighted by atomic mass is 10.1. The molecule has 2 rings (SSSR count). The zero-order chi connectivity index (χ0) is 22.3. The van der Waals surface area contributed by atoms with Crippen molar-refractivity contribution in [3.05, 3.63) is 67.5 Å². The van der Waals surface area contributed by atoms with Crippen molar-refractivity contribution in [1.82, 2.24) is 20.9 Å². The fourth-order valence-corrected chi connectivity index (χ4v) is 3.26. The summed E-state index contributed by atoms with van der Waals surface area (Å²) >= 11 is 9.11. The molecule has 1 aromatic carbocycles. The molecule has 0 radical (unpaired) electrons. The fraction of sp³-hybridized carbons (Fsp3) is 0.300. The Morgan fingerprint density at radius 2 is 1.83 bits per heavy atom. The SMILES string of the molecule is CC(=O)NC(C(=O)NCC(C)CNC(=O)c1cc(=O)cc(Cl)[nH]1)c1cccc(Br)c1. The second kappa shape index (κ2) is 10.9. The Morgan fingerprint density at radius 1 is 1.13 bits per heavy atom. The summed E-state index contributed by atoms with van der Waals surface area (Å²) in [7, 11) is 0. The maximum atomic E-state index is 12.6. The van der Waals surface area contributed by atoms with Crippen LogP contribution in [0.25, 0.3) is 0 Å². The number of aromatic amines is 1. The smallest absolute Gasteiger partial charge is 0.267 e. The standard InChI is InChI=1S/C20H22BrClN4O4/c1-11(9-23-19(29)16-7-15(28)8-17(22)26-16)10-24-20(30)18(25-12(2)27)13-4-3-5-14(21)6-13/h3-8,11,18H,9-10H2,1-2H3,(H,23,29)(H,24,30)(H,25,27)(H,26,28). The lowest BCUT2D eigenvalue weighted by Crippen LogP contribution is -2.42. The molecular weight excluding hydrogens is 476 g/mol. The van der Waals surface area contributed by atoms with Gasteiger partial charge in [-0.15, -0.1) is 0 Å². The Hall–Kier alpha value is -2.65. The minimum Gasteiger partial charge on any atom is -0.354 e. The van der Waals surface area contributed by atoms with Crippen LogP contribution in [0.4, 0.5) is 0 Å². The number of nitrogens with one attached hydrogen (secondary N) is 4. The summed E-state index contributed by atoms with van der Waals surface area (Å²) < 4.78 is 0.790. The first-order chi connectivity index (χ1) is 14.2. The number of pyridine rings is 1. The van der Waals surface area contributed by atoms with Crippen molar-refractivity contribution < 1.29 is 14.4 Å². The number of hydrogen-bond acceptors (Lipinski definition) is 4. The summed E-state index contributed by atoms with van der Waals surface area (Å²) in [5.41, 5.74) is 0.327. The summed E-state index contributed by atoms with van der Waals surface area (Å²) in [4.78, 5) is 50.4. The average molecular weight is 498 g/mol. The third-order valence-electron chi connectivity index (χ3n) is 4.08. The largest absolute Gasteiger partial charge is 0.354 e. The van der Waals surface area contributed by atoms with Gasteiger partial charge in [0, 0.05) is 36.6 Å². The number of carbonyl (C=O) groups is 3. The molecule has 0 saturated carbocycles. The van der Waals surface area contributed by atoms with Gasteiger partial charge in [-0.3, -0.25) is 19.2 Å². The molecule has 0 fully saturated rings. The Balaban J connectivity index is 1.92. The predicted molar refractivity (Wildman–Crippen MR) is 117 cm³/mol. The molecule has 1 heterocycles. The van der Waals surface area contributed by atoms with Gasteiger partial charge in [0.2, 0.25) is 11.8 Å². The molecule has 10 heteroatoms.